The van der Waals surface area contributed by atoms with Gasteiger partial charge in [0.25, 0.3) is 0 Å². The Morgan fingerprint density at radius 2 is 0.400 bits per heavy atom. The zero-order valence-electron chi connectivity index (χ0n) is 33.3. The molecular weight excluding hydrogens is 734 g/mol. The van der Waals surface area contributed by atoms with E-state index in [1.54, 1.807) is 7.11 Å². The summed E-state index contributed by atoms with van der Waals surface area (Å²) in [5.41, 5.74) is 8.15. The molecule has 0 saturated carbocycles. The highest BCUT2D eigenvalue weighted by Crippen LogP contribution is 1.89. The molecule has 0 saturated heterocycles. The van der Waals surface area contributed by atoms with E-state index in [1.807, 2.05) is 0 Å². The fourth-order valence-electron chi connectivity index (χ4n) is 3.69. The van der Waals surface area contributed by atoms with E-state index in [2.05, 4.69) is 10.0 Å². The summed E-state index contributed by atoms with van der Waals surface area (Å²) in [6, 6.07) is 0. The Morgan fingerprint density at radius 3 is 0.545 bits per heavy atom. The molecule has 0 N–H and O–H groups in total. The van der Waals surface area contributed by atoms with Crippen molar-refractivity contribution >= 4 is 0 Å². The predicted octanol–water partition coefficient (Wildman–Crippen LogP) is 1.21. The van der Waals surface area contributed by atoms with E-state index in [9.17, 15) is 0 Å². The molecule has 0 bridgehead atoms. The Bertz CT molecular complexity index is 748. The highest BCUT2D eigenvalue weighted by molar-refractivity contribution is 4.44. The first-order valence-electron chi connectivity index (χ1n) is 19.2. The van der Waals surface area contributed by atoms with Crippen molar-refractivity contribution in [2.24, 2.45) is 5.11 Å². The molecule has 0 aromatic carbocycles. The number of ether oxygens (including phenoxy) is 17. The van der Waals surface area contributed by atoms with Crippen LogP contribution < -0.4 is 0 Å². The Balaban J connectivity index is 3.06. The quantitative estimate of drug-likeness (QED) is 0.0367. The maximum Gasteiger partial charge on any atom is 0.0701 e. The van der Waals surface area contributed by atoms with Crippen LogP contribution in [0.2, 0.25) is 0 Å². The van der Waals surface area contributed by atoms with Gasteiger partial charge in [-0.2, -0.15) is 0 Å². The van der Waals surface area contributed by atoms with Crippen LogP contribution in [-0.2, 0) is 80.5 Å². The smallest absolute Gasteiger partial charge is 0.0701 e. The molecule has 0 rings (SSSR count). The third-order valence-corrected chi connectivity index (χ3v) is 6.41. The highest BCUT2D eigenvalue weighted by Gasteiger charge is 1.98. The van der Waals surface area contributed by atoms with Crippen LogP contribution in [0.15, 0.2) is 5.11 Å². The van der Waals surface area contributed by atoms with E-state index in [-0.39, 0.29) is 0 Å². The van der Waals surface area contributed by atoms with Crippen molar-refractivity contribution in [3.05, 3.63) is 10.4 Å². The summed E-state index contributed by atoms with van der Waals surface area (Å²) in [4.78, 5) is 2.65. The van der Waals surface area contributed by atoms with E-state index < -0.39 is 0 Å². The second kappa shape index (κ2) is 52.6. The topological polar surface area (TPSA) is 206 Å². The first-order valence-corrected chi connectivity index (χ1v) is 19.2. The molecule has 20 heteroatoms. The first kappa shape index (κ1) is 53.6. The molecule has 0 unspecified atom stereocenters. The molecule has 0 aliphatic carbocycles. The van der Waals surface area contributed by atoms with Gasteiger partial charge in [0.05, 0.1) is 218 Å². The summed E-state index contributed by atoms with van der Waals surface area (Å²) in [7, 11) is 1.64. The van der Waals surface area contributed by atoms with Gasteiger partial charge >= 0.3 is 0 Å². The molecule has 0 spiro atoms. The summed E-state index contributed by atoms with van der Waals surface area (Å²) < 4.78 is 91.8. The van der Waals surface area contributed by atoms with Gasteiger partial charge < -0.3 is 80.5 Å². The minimum atomic E-state index is 0.324. The van der Waals surface area contributed by atoms with E-state index in [1.165, 1.54) is 0 Å². The lowest BCUT2D eigenvalue weighted by atomic mass is 10.6. The summed E-state index contributed by atoms with van der Waals surface area (Å²) in [5, 5.41) is 3.37. The van der Waals surface area contributed by atoms with Crippen LogP contribution in [0.4, 0.5) is 0 Å². The summed E-state index contributed by atoms with van der Waals surface area (Å²) >= 11 is 0. The first-order chi connectivity index (χ1) is 27.4. The van der Waals surface area contributed by atoms with Crippen molar-refractivity contribution in [3.63, 3.8) is 0 Å². The average molecular weight is 806 g/mol. The SMILES string of the molecule is COCCOCCOCCOCCOCCOCCOCCOCCOCCOCCOCCOCCOCCOCCOCCOCCOCCN=[N+]=[N-]. The Morgan fingerprint density at radius 1 is 0.255 bits per heavy atom. The van der Waals surface area contributed by atoms with E-state index in [4.69, 9.17) is 86.1 Å². The molecule has 0 fully saturated rings. The molecule has 0 radical (unpaired) electrons. The van der Waals surface area contributed by atoms with Crippen LogP contribution in [0, 0.1) is 0 Å². The minimum Gasteiger partial charge on any atom is -0.382 e. The Hall–Kier alpha value is -1.37. The average Bonchev–Trinajstić information content (AvgIpc) is 3.20. The van der Waals surface area contributed by atoms with E-state index >= 15 is 0 Å². The second-order valence-electron chi connectivity index (χ2n) is 10.7. The zero-order valence-corrected chi connectivity index (χ0v) is 33.3. The van der Waals surface area contributed by atoms with Crippen LogP contribution in [0.3, 0.4) is 0 Å². The van der Waals surface area contributed by atoms with Crippen LogP contribution in [-0.4, -0.2) is 232 Å². The van der Waals surface area contributed by atoms with Gasteiger partial charge in [-0.25, -0.2) is 0 Å². The van der Waals surface area contributed by atoms with Gasteiger partial charge in [-0.05, 0) is 5.53 Å². The summed E-state index contributed by atoms with van der Waals surface area (Å²) in [6.45, 7) is 16.8. The number of hydrogen-bond acceptors (Lipinski definition) is 18. The van der Waals surface area contributed by atoms with Crippen molar-refractivity contribution in [3.8, 4) is 0 Å². The number of azide groups is 1. The minimum absolute atomic E-state index is 0.324. The lowest BCUT2D eigenvalue weighted by Gasteiger charge is -2.09. The molecule has 0 heterocycles. The maximum atomic E-state index is 8.15. The molecule has 0 atom stereocenters. The van der Waals surface area contributed by atoms with Crippen molar-refractivity contribution in [1.29, 1.82) is 0 Å². The number of hydrogen-bond donors (Lipinski definition) is 0. The molecule has 20 nitrogen and oxygen atoms in total. The van der Waals surface area contributed by atoms with Gasteiger partial charge in [-0.15, -0.1) is 0 Å². The molecule has 0 aliphatic rings. The Kier molecular flexibility index (Phi) is 51.3. The molecular formula is C35H71N3O17. The van der Waals surface area contributed by atoms with Crippen molar-refractivity contribution in [2.75, 3.05) is 232 Å². The van der Waals surface area contributed by atoms with Gasteiger partial charge in [-0.3, -0.25) is 0 Å². The summed E-state index contributed by atoms with van der Waals surface area (Å²) in [6.07, 6.45) is 0. The second-order valence-corrected chi connectivity index (χ2v) is 10.7. The van der Waals surface area contributed by atoms with Crippen LogP contribution in [0.25, 0.3) is 10.4 Å². The maximum absolute atomic E-state index is 8.15. The Labute approximate surface area is 327 Å². The lowest BCUT2D eigenvalue weighted by molar-refractivity contribution is -0.0305. The molecule has 55 heavy (non-hydrogen) atoms. The molecule has 0 amide bonds. The number of rotatable bonds is 51. The van der Waals surface area contributed by atoms with Crippen LogP contribution in [0.5, 0.6) is 0 Å². The number of methoxy groups -OCH3 is 1. The standard InChI is InChI=1S/C35H71N3O17/c1-39-4-5-41-8-9-43-12-13-45-16-17-47-20-21-49-24-25-51-28-29-53-32-33-55-35-34-54-31-30-52-27-26-50-23-22-48-19-18-46-15-14-44-11-10-42-7-6-40-3-2-37-38-36/h2-35H2,1H3. The normalized spacial score (nSPS) is 11.4. The predicted molar refractivity (Wildman–Crippen MR) is 199 cm³/mol. The van der Waals surface area contributed by atoms with Crippen LogP contribution >= 0.6 is 0 Å². The largest absolute Gasteiger partial charge is 0.382 e. The van der Waals surface area contributed by atoms with Crippen molar-refractivity contribution in [2.45, 2.75) is 0 Å². The number of nitrogens with zero attached hydrogens (tertiary/aromatic N) is 3. The fraction of sp³-hybridized carbons (Fsp3) is 1.00. The van der Waals surface area contributed by atoms with Gasteiger partial charge in [0.1, 0.15) is 0 Å². The zero-order chi connectivity index (χ0) is 39.5. The fourth-order valence-corrected chi connectivity index (χ4v) is 3.69. The van der Waals surface area contributed by atoms with Gasteiger partial charge in [0, 0.05) is 18.6 Å². The third kappa shape index (κ3) is 52.6. The molecule has 0 aromatic rings. The van der Waals surface area contributed by atoms with Gasteiger partial charge in [0.2, 0.25) is 0 Å². The molecule has 0 aliphatic heterocycles. The van der Waals surface area contributed by atoms with Gasteiger partial charge in [-0.1, -0.05) is 5.11 Å². The lowest BCUT2D eigenvalue weighted by Crippen LogP contribution is -2.16. The van der Waals surface area contributed by atoms with Gasteiger partial charge in [0.15, 0.2) is 0 Å². The molecule has 328 valence electrons. The monoisotopic (exact) mass is 805 g/mol. The third-order valence-electron chi connectivity index (χ3n) is 6.41. The van der Waals surface area contributed by atoms with E-state index in [0.29, 0.717) is 225 Å². The highest BCUT2D eigenvalue weighted by atomic mass is 16.6. The van der Waals surface area contributed by atoms with E-state index in [0.717, 1.165) is 0 Å². The molecule has 0 aromatic heterocycles. The van der Waals surface area contributed by atoms with Crippen molar-refractivity contribution in [1.82, 2.24) is 0 Å². The van der Waals surface area contributed by atoms with Crippen LogP contribution in [0.1, 0.15) is 0 Å². The summed E-state index contributed by atoms with van der Waals surface area (Å²) in [5.74, 6) is 0. The van der Waals surface area contributed by atoms with Crippen molar-refractivity contribution < 1.29 is 80.5 Å².